The molecule has 0 saturated heterocycles. The van der Waals surface area contributed by atoms with Crippen LogP contribution >= 0.6 is 0 Å². The number of hydrogen-bond donors (Lipinski definition) is 1. The van der Waals surface area contributed by atoms with Crippen LogP contribution in [0.25, 0.3) is 11.1 Å². The van der Waals surface area contributed by atoms with Gasteiger partial charge in [0.05, 0.1) is 0 Å². The molecule has 0 unspecified atom stereocenters. The molecule has 1 nitrogen and oxygen atoms in total. The first-order chi connectivity index (χ1) is 8.31. The Hall–Kier alpha value is -1.86. The summed E-state index contributed by atoms with van der Waals surface area (Å²) in [6, 6.07) is 18.8. The number of rotatable bonds is 4. The summed E-state index contributed by atoms with van der Waals surface area (Å²) in [7, 11) is 0. The maximum Gasteiger partial charge on any atom is 0.0329 e. The smallest absolute Gasteiger partial charge is 0.0329 e. The highest BCUT2D eigenvalue weighted by Crippen LogP contribution is 2.23. The third kappa shape index (κ3) is 2.83. The minimum atomic E-state index is 0.0381. The molecule has 2 aromatic carbocycles. The molecule has 2 aromatic rings. The van der Waals surface area contributed by atoms with Gasteiger partial charge in [-0.3, -0.25) is 0 Å². The van der Waals surface area contributed by atoms with Crippen molar-refractivity contribution in [2.75, 3.05) is 0 Å². The van der Waals surface area contributed by atoms with Crippen molar-refractivity contribution in [1.29, 1.82) is 0 Å². The lowest BCUT2D eigenvalue weighted by Crippen LogP contribution is -2.08. The maximum atomic E-state index is 6.08. The van der Waals surface area contributed by atoms with Crippen molar-refractivity contribution in [2.24, 2.45) is 5.73 Å². The van der Waals surface area contributed by atoms with Gasteiger partial charge >= 0.3 is 0 Å². The Morgan fingerprint density at radius 2 is 1.71 bits per heavy atom. The van der Waals surface area contributed by atoms with E-state index < -0.39 is 0 Å². The number of benzene rings is 2. The second-order valence-electron chi connectivity index (χ2n) is 4.12. The van der Waals surface area contributed by atoms with Gasteiger partial charge in [-0.1, -0.05) is 54.6 Å². The first-order valence-corrected chi connectivity index (χ1v) is 5.83. The third-order valence-corrected chi connectivity index (χ3v) is 2.84. The molecule has 0 aliphatic heterocycles. The largest absolute Gasteiger partial charge is 0.324 e. The van der Waals surface area contributed by atoms with Crippen molar-refractivity contribution >= 4 is 0 Å². The highest BCUT2D eigenvalue weighted by molar-refractivity contribution is 5.64. The van der Waals surface area contributed by atoms with Crippen molar-refractivity contribution in [1.82, 2.24) is 0 Å². The molecule has 0 aliphatic rings. The molecule has 1 heteroatoms. The molecular formula is C16H17N. The highest BCUT2D eigenvalue weighted by Gasteiger charge is 2.05. The fourth-order valence-corrected chi connectivity index (χ4v) is 1.90. The topological polar surface area (TPSA) is 26.0 Å². The van der Waals surface area contributed by atoms with E-state index in [1.54, 1.807) is 0 Å². The van der Waals surface area contributed by atoms with Gasteiger partial charge in [0, 0.05) is 6.04 Å². The quantitative estimate of drug-likeness (QED) is 0.781. The lowest BCUT2D eigenvalue weighted by atomic mass is 9.98. The molecule has 0 amide bonds. The summed E-state index contributed by atoms with van der Waals surface area (Å²) in [6.07, 6.45) is 2.66. The van der Waals surface area contributed by atoms with Gasteiger partial charge < -0.3 is 5.73 Å². The van der Waals surface area contributed by atoms with Gasteiger partial charge in [0.1, 0.15) is 0 Å². The molecule has 0 heterocycles. The summed E-state index contributed by atoms with van der Waals surface area (Å²) in [4.78, 5) is 0. The lowest BCUT2D eigenvalue weighted by molar-refractivity contribution is 0.742. The van der Waals surface area contributed by atoms with Crippen molar-refractivity contribution in [3.05, 3.63) is 72.8 Å². The Morgan fingerprint density at radius 1 is 1.00 bits per heavy atom. The molecule has 0 aromatic heterocycles. The molecule has 17 heavy (non-hydrogen) atoms. The fraction of sp³-hybridized carbons (Fsp3) is 0.125. The van der Waals surface area contributed by atoms with Crippen LogP contribution in [0.15, 0.2) is 67.3 Å². The van der Waals surface area contributed by atoms with Gasteiger partial charge in [-0.15, -0.1) is 6.58 Å². The van der Waals surface area contributed by atoms with Gasteiger partial charge in [-0.05, 0) is 29.2 Å². The van der Waals surface area contributed by atoms with Crippen LogP contribution < -0.4 is 5.73 Å². The van der Waals surface area contributed by atoms with Gasteiger partial charge in [0.25, 0.3) is 0 Å². The molecule has 2 rings (SSSR count). The minimum absolute atomic E-state index is 0.0381. The van der Waals surface area contributed by atoms with Crippen LogP contribution in [0.2, 0.25) is 0 Å². The lowest BCUT2D eigenvalue weighted by Gasteiger charge is -2.11. The van der Waals surface area contributed by atoms with E-state index in [9.17, 15) is 0 Å². The summed E-state index contributed by atoms with van der Waals surface area (Å²) in [6.45, 7) is 3.73. The van der Waals surface area contributed by atoms with Crippen LogP contribution in [0.4, 0.5) is 0 Å². The van der Waals surface area contributed by atoms with E-state index in [2.05, 4.69) is 43.0 Å². The summed E-state index contributed by atoms with van der Waals surface area (Å²) < 4.78 is 0. The summed E-state index contributed by atoms with van der Waals surface area (Å²) >= 11 is 0. The molecule has 0 saturated carbocycles. The van der Waals surface area contributed by atoms with Crippen molar-refractivity contribution in [3.63, 3.8) is 0 Å². The number of nitrogens with two attached hydrogens (primary N) is 1. The average Bonchev–Trinajstić information content (AvgIpc) is 2.40. The number of hydrogen-bond acceptors (Lipinski definition) is 1. The Bertz CT molecular complexity index is 488. The molecule has 86 valence electrons. The van der Waals surface area contributed by atoms with Crippen LogP contribution in [0.3, 0.4) is 0 Å². The molecule has 1 atom stereocenters. The minimum Gasteiger partial charge on any atom is -0.324 e. The van der Waals surface area contributed by atoms with Crippen molar-refractivity contribution in [3.8, 4) is 11.1 Å². The van der Waals surface area contributed by atoms with Gasteiger partial charge in [-0.25, -0.2) is 0 Å². The van der Waals surface area contributed by atoms with Gasteiger partial charge in [0.15, 0.2) is 0 Å². The predicted octanol–water partition coefficient (Wildman–Crippen LogP) is 3.93. The van der Waals surface area contributed by atoms with E-state index in [4.69, 9.17) is 5.73 Å². The monoisotopic (exact) mass is 223 g/mol. The van der Waals surface area contributed by atoms with Crippen molar-refractivity contribution < 1.29 is 0 Å². The van der Waals surface area contributed by atoms with Crippen LogP contribution in [0.5, 0.6) is 0 Å². The Kier molecular flexibility index (Phi) is 3.73. The van der Waals surface area contributed by atoms with Gasteiger partial charge in [-0.2, -0.15) is 0 Å². The first kappa shape index (κ1) is 11.6. The zero-order chi connectivity index (χ0) is 12.1. The van der Waals surface area contributed by atoms with E-state index in [1.807, 2.05) is 24.3 Å². The maximum absolute atomic E-state index is 6.08. The van der Waals surface area contributed by atoms with Crippen LogP contribution in [0.1, 0.15) is 18.0 Å². The van der Waals surface area contributed by atoms with E-state index in [-0.39, 0.29) is 6.04 Å². The molecule has 0 bridgehead atoms. The molecule has 0 spiro atoms. The third-order valence-electron chi connectivity index (χ3n) is 2.84. The van der Waals surface area contributed by atoms with E-state index >= 15 is 0 Å². The summed E-state index contributed by atoms with van der Waals surface area (Å²) in [5.41, 5.74) is 9.67. The Balaban J connectivity index is 2.32. The molecule has 2 N–H and O–H groups in total. The SMILES string of the molecule is C=CC[C@@H](N)c1cccc(-c2ccccc2)c1. The summed E-state index contributed by atoms with van der Waals surface area (Å²) in [5, 5.41) is 0. The Labute approximate surface area is 103 Å². The van der Waals surface area contributed by atoms with Crippen LogP contribution in [-0.4, -0.2) is 0 Å². The van der Waals surface area contributed by atoms with E-state index in [0.717, 1.165) is 12.0 Å². The standard InChI is InChI=1S/C16H17N/c1-2-7-16(17)15-11-6-10-14(12-15)13-8-4-3-5-9-13/h2-6,8-12,16H,1,7,17H2/t16-/m1/s1. The molecule has 0 radical (unpaired) electrons. The van der Waals surface area contributed by atoms with Crippen molar-refractivity contribution in [2.45, 2.75) is 12.5 Å². The summed E-state index contributed by atoms with van der Waals surface area (Å²) in [5.74, 6) is 0. The first-order valence-electron chi connectivity index (χ1n) is 5.83. The average molecular weight is 223 g/mol. The Morgan fingerprint density at radius 3 is 2.41 bits per heavy atom. The molecule has 0 fully saturated rings. The van der Waals surface area contributed by atoms with E-state index in [1.165, 1.54) is 11.1 Å². The van der Waals surface area contributed by atoms with Gasteiger partial charge in [0.2, 0.25) is 0 Å². The normalized spacial score (nSPS) is 12.1. The second kappa shape index (κ2) is 5.46. The highest BCUT2D eigenvalue weighted by atomic mass is 14.6. The predicted molar refractivity (Wildman–Crippen MR) is 73.6 cm³/mol. The zero-order valence-electron chi connectivity index (χ0n) is 9.84. The molecular weight excluding hydrogens is 206 g/mol. The zero-order valence-corrected chi connectivity index (χ0v) is 9.84. The second-order valence-corrected chi connectivity index (χ2v) is 4.12. The van der Waals surface area contributed by atoms with Crippen LogP contribution in [-0.2, 0) is 0 Å². The van der Waals surface area contributed by atoms with Crippen LogP contribution in [0, 0.1) is 0 Å². The fourth-order valence-electron chi connectivity index (χ4n) is 1.90. The van der Waals surface area contributed by atoms with E-state index in [0.29, 0.717) is 0 Å². The molecule has 0 aliphatic carbocycles.